The van der Waals surface area contributed by atoms with Gasteiger partial charge in [-0.15, -0.1) is 11.6 Å². The van der Waals surface area contributed by atoms with Gasteiger partial charge in [0.15, 0.2) is 0 Å². The van der Waals surface area contributed by atoms with Crippen LogP contribution in [0.3, 0.4) is 0 Å². The molecule has 0 aliphatic heterocycles. The summed E-state index contributed by atoms with van der Waals surface area (Å²) < 4.78 is 25.7. The van der Waals surface area contributed by atoms with Crippen molar-refractivity contribution in [3.05, 3.63) is 34.4 Å². The monoisotopic (exact) mass is 258 g/mol. The van der Waals surface area contributed by atoms with Crippen molar-refractivity contribution in [2.45, 2.75) is 13.8 Å². The second-order valence-electron chi connectivity index (χ2n) is 2.53. The molecule has 0 aromatic heterocycles. The number of hydrogen-bond acceptors (Lipinski definition) is 1. The minimum absolute atomic E-state index is 0. The Hall–Kier alpha value is -0.146. The number of carbonyl (C=O) groups excluding carboxylic acids is 1. The minimum Gasteiger partial charge on any atom is -0.355 e. The van der Waals surface area contributed by atoms with Gasteiger partial charge in [0.2, 0.25) is 0 Å². The average molecular weight is 258 g/mol. The zero-order chi connectivity index (χ0) is 9.30. The van der Waals surface area contributed by atoms with Crippen molar-refractivity contribution in [3.8, 4) is 0 Å². The number of carbonyl (C=O) groups is 1. The zero-order valence-electron chi connectivity index (χ0n) is 7.32. The molecule has 0 spiro atoms. The molecule has 0 radical (unpaired) electrons. The number of halogens is 2. The van der Waals surface area contributed by atoms with E-state index < -0.39 is 11.6 Å². The van der Waals surface area contributed by atoms with Crippen LogP contribution in [0.15, 0.2) is 0 Å². The molecule has 64 valence electrons. The maximum atomic E-state index is 12.9. The van der Waals surface area contributed by atoms with E-state index in [0.717, 1.165) is 0 Å². The summed E-state index contributed by atoms with van der Waals surface area (Å²) in [6, 6.07) is 2.45. The number of hydrogen-bond donors (Lipinski definition) is 0. The molecule has 0 bridgehead atoms. The standard InChI is InChI=1S/C9H7F2O.Y/c1-5-3-7(4-12)9(11)8(10)6(5)2;/h4H,1-2H3;/q-1;+3. The predicted octanol–water partition coefficient (Wildman–Crippen LogP) is 2.19. The molecule has 0 fully saturated rings. The Morgan fingerprint density at radius 2 is 1.77 bits per heavy atom. The summed E-state index contributed by atoms with van der Waals surface area (Å²) in [5.74, 6) is -2.08. The molecule has 13 heavy (non-hydrogen) atoms. The Kier molecular flexibility index (Phi) is 4.86. The first-order valence-corrected chi connectivity index (χ1v) is 3.40. The summed E-state index contributed by atoms with van der Waals surface area (Å²) in [7, 11) is 0. The quantitative estimate of drug-likeness (QED) is 0.557. The summed E-state index contributed by atoms with van der Waals surface area (Å²) in [4.78, 5) is 10.2. The van der Waals surface area contributed by atoms with Gasteiger partial charge in [0.25, 0.3) is 0 Å². The summed E-state index contributed by atoms with van der Waals surface area (Å²) in [6.45, 7) is 3.02. The second-order valence-corrected chi connectivity index (χ2v) is 2.53. The first-order valence-electron chi connectivity index (χ1n) is 3.40. The molecule has 1 aromatic carbocycles. The van der Waals surface area contributed by atoms with Gasteiger partial charge in [-0.2, -0.15) is 0 Å². The smallest absolute Gasteiger partial charge is 0.355 e. The van der Waals surface area contributed by atoms with E-state index in [9.17, 15) is 13.6 Å². The molecule has 1 rings (SSSR count). The fourth-order valence-electron chi connectivity index (χ4n) is 0.879. The van der Waals surface area contributed by atoms with E-state index in [4.69, 9.17) is 0 Å². The van der Waals surface area contributed by atoms with Gasteiger partial charge in [-0.3, -0.25) is 4.39 Å². The first-order chi connectivity index (χ1) is 5.57. The van der Waals surface area contributed by atoms with Gasteiger partial charge in [-0.05, 0) is 0 Å². The Balaban J connectivity index is 0.00000144. The largest absolute Gasteiger partial charge is 3.00 e. The van der Waals surface area contributed by atoms with Crippen LogP contribution in [-0.4, -0.2) is 6.29 Å². The van der Waals surface area contributed by atoms with Gasteiger partial charge in [0.05, 0.1) is 17.9 Å². The van der Waals surface area contributed by atoms with Crippen LogP contribution in [0.5, 0.6) is 0 Å². The van der Waals surface area contributed by atoms with E-state index in [0.29, 0.717) is 5.56 Å². The summed E-state index contributed by atoms with van der Waals surface area (Å²) in [6.07, 6.45) is 0.255. The molecular weight excluding hydrogens is 251 g/mol. The van der Waals surface area contributed by atoms with E-state index in [2.05, 4.69) is 6.07 Å². The van der Waals surface area contributed by atoms with Crippen molar-refractivity contribution in [2.75, 3.05) is 0 Å². The molecule has 0 amide bonds. The normalized spacial score (nSPS) is 9.23. The maximum absolute atomic E-state index is 12.9. The Morgan fingerprint density at radius 3 is 2.23 bits per heavy atom. The molecule has 0 aliphatic carbocycles. The Morgan fingerprint density at radius 1 is 1.23 bits per heavy atom. The van der Waals surface area contributed by atoms with Crippen molar-refractivity contribution < 1.29 is 46.3 Å². The Bertz CT molecular complexity index is 337. The topological polar surface area (TPSA) is 17.1 Å². The van der Waals surface area contributed by atoms with Crippen LogP contribution in [0, 0.1) is 31.5 Å². The van der Waals surface area contributed by atoms with Crippen LogP contribution < -0.4 is 0 Å². The van der Waals surface area contributed by atoms with E-state index in [1.54, 1.807) is 6.92 Å². The number of aldehydes is 1. The van der Waals surface area contributed by atoms with E-state index in [1.165, 1.54) is 6.92 Å². The molecule has 0 saturated heterocycles. The molecule has 0 aliphatic rings. The second kappa shape index (κ2) is 4.92. The van der Waals surface area contributed by atoms with Crippen LogP contribution in [-0.2, 0) is 32.7 Å². The van der Waals surface area contributed by atoms with Crippen LogP contribution in [0.4, 0.5) is 8.78 Å². The van der Waals surface area contributed by atoms with Gasteiger partial charge in [-0.1, -0.05) is 25.0 Å². The molecular formula is C9H7F2OY+2. The van der Waals surface area contributed by atoms with Crippen molar-refractivity contribution in [1.82, 2.24) is 0 Å². The zero-order valence-corrected chi connectivity index (χ0v) is 10.2. The van der Waals surface area contributed by atoms with Crippen LogP contribution in [0.2, 0.25) is 0 Å². The fourth-order valence-corrected chi connectivity index (χ4v) is 0.879. The maximum Gasteiger partial charge on any atom is 3.00 e. The molecule has 0 heterocycles. The summed E-state index contributed by atoms with van der Waals surface area (Å²) in [5.41, 5.74) is 0.296. The fraction of sp³-hybridized carbons (Fsp3) is 0.222. The first kappa shape index (κ1) is 12.9. The number of benzene rings is 1. The van der Waals surface area contributed by atoms with Crippen LogP contribution in [0.25, 0.3) is 0 Å². The minimum atomic E-state index is -1.12. The third kappa shape index (κ3) is 2.41. The molecule has 1 aromatic rings. The molecule has 0 saturated carbocycles. The van der Waals surface area contributed by atoms with Crippen molar-refractivity contribution in [2.24, 2.45) is 0 Å². The van der Waals surface area contributed by atoms with Gasteiger partial charge in [0.1, 0.15) is 0 Å². The third-order valence-electron chi connectivity index (χ3n) is 1.76. The van der Waals surface area contributed by atoms with Crippen LogP contribution >= 0.6 is 0 Å². The predicted molar refractivity (Wildman–Crippen MR) is 40.1 cm³/mol. The van der Waals surface area contributed by atoms with Gasteiger partial charge in [0, 0.05) is 0 Å². The number of rotatable bonds is 1. The van der Waals surface area contributed by atoms with Crippen molar-refractivity contribution in [1.29, 1.82) is 0 Å². The van der Waals surface area contributed by atoms with E-state index in [-0.39, 0.29) is 50.1 Å². The van der Waals surface area contributed by atoms with Crippen molar-refractivity contribution >= 4 is 6.29 Å². The molecule has 4 heteroatoms. The Labute approximate surface area is 100 Å². The van der Waals surface area contributed by atoms with Crippen LogP contribution in [0.1, 0.15) is 21.5 Å². The molecule has 0 unspecified atom stereocenters. The van der Waals surface area contributed by atoms with E-state index in [1.807, 2.05) is 0 Å². The third-order valence-corrected chi connectivity index (χ3v) is 1.76. The SMILES string of the molecule is Cc1[c-]c(C=O)c(F)c(F)c1C.[Y+3]. The van der Waals surface area contributed by atoms with Gasteiger partial charge in [-0.25, -0.2) is 4.39 Å². The average Bonchev–Trinajstić information content (AvgIpc) is 2.08. The molecule has 1 nitrogen and oxygen atoms in total. The molecule has 0 N–H and O–H groups in total. The molecule has 0 atom stereocenters. The summed E-state index contributed by atoms with van der Waals surface area (Å²) >= 11 is 0. The van der Waals surface area contributed by atoms with Gasteiger partial charge >= 0.3 is 32.7 Å². The van der Waals surface area contributed by atoms with E-state index >= 15 is 0 Å². The summed E-state index contributed by atoms with van der Waals surface area (Å²) in [5, 5.41) is 0. The number of aryl methyl sites for hydroxylation is 1. The van der Waals surface area contributed by atoms with Gasteiger partial charge < -0.3 is 4.79 Å². The van der Waals surface area contributed by atoms with Crippen molar-refractivity contribution in [3.63, 3.8) is 0 Å².